The van der Waals surface area contributed by atoms with Crippen molar-refractivity contribution in [1.29, 1.82) is 0 Å². The van der Waals surface area contributed by atoms with Crippen molar-refractivity contribution < 1.29 is 19.2 Å². The van der Waals surface area contributed by atoms with Gasteiger partial charge in [-0.1, -0.05) is 11.3 Å². The maximum Gasteiger partial charge on any atom is 0.349 e. The van der Waals surface area contributed by atoms with E-state index in [0.29, 0.717) is 0 Å². The van der Waals surface area contributed by atoms with Crippen molar-refractivity contribution in [3.63, 3.8) is 0 Å². The minimum absolute atomic E-state index is 0.0694. The van der Waals surface area contributed by atoms with Gasteiger partial charge in [0.25, 0.3) is 5.91 Å². The molecule has 4 fully saturated rings. The van der Waals surface area contributed by atoms with Crippen molar-refractivity contribution in [1.82, 2.24) is 5.32 Å². The van der Waals surface area contributed by atoms with Gasteiger partial charge >= 0.3 is 11.0 Å². The van der Waals surface area contributed by atoms with Gasteiger partial charge in [0.05, 0.1) is 4.92 Å². The standard InChI is InChI=1S/C19H24N2O5S/c1-11(19-7-12-4-13(8-19)6-14(5-12)9-19)20-16(22)10-26-18(23)15-2-3-17(27-15)21(24)25/h2-3,11-14H,4-10H2,1H3,(H,20,22)/t11-,12?,13?,14?,19?/m0/s1. The third-order valence-corrected chi connectivity index (χ3v) is 7.71. The third-order valence-electron chi connectivity index (χ3n) is 6.69. The second-order valence-corrected chi connectivity index (χ2v) is 9.60. The third kappa shape index (κ3) is 3.59. The average Bonchev–Trinajstić information content (AvgIpc) is 3.09. The second kappa shape index (κ2) is 6.89. The Morgan fingerprint density at radius 2 is 1.85 bits per heavy atom. The first-order valence-corrected chi connectivity index (χ1v) is 10.4. The van der Waals surface area contributed by atoms with Crippen LogP contribution >= 0.6 is 11.3 Å². The van der Waals surface area contributed by atoms with Crippen molar-refractivity contribution in [3.05, 3.63) is 27.1 Å². The zero-order valence-corrected chi connectivity index (χ0v) is 16.1. The summed E-state index contributed by atoms with van der Waals surface area (Å²) in [6.45, 7) is 1.72. The molecule has 1 heterocycles. The van der Waals surface area contributed by atoms with Gasteiger partial charge in [0, 0.05) is 12.1 Å². The number of hydrogen-bond acceptors (Lipinski definition) is 6. The molecule has 0 unspecified atom stereocenters. The summed E-state index contributed by atoms with van der Waals surface area (Å²) in [6, 6.07) is 2.68. The highest BCUT2D eigenvalue weighted by Crippen LogP contribution is 2.61. The van der Waals surface area contributed by atoms with E-state index >= 15 is 0 Å². The van der Waals surface area contributed by atoms with Gasteiger partial charge in [0.15, 0.2) is 6.61 Å². The summed E-state index contributed by atoms with van der Waals surface area (Å²) in [5, 5.41) is 13.6. The van der Waals surface area contributed by atoms with Crippen LogP contribution in [0.1, 0.15) is 55.1 Å². The summed E-state index contributed by atoms with van der Waals surface area (Å²) in [6.07, 6.45) is 7.64. The second-order valence-electron chi connectivity index (χ2n) is 8.54. The van der Waals surface area contributed by atoms with Gasteiger partial charge in [0.1, 0.15) is 4.88 Å². The molecule has 1 aromatic heterocycles. The predicted octanol–water partition coefficient (Wildman–Crippen LogP) is 3.53. The molecule has 4 aliphatic carbocycles. The summed E-state index contributed by atoms with van der Waals surface area (Å²) < 4.78 is 5.04. The van der Waals surface area contributed by atoms with Crippen molar-refractivity contribution in [2.75, 3.05) is 6.61 Å². The van der Waals surface area contributed by atoms with Crippen LogP contribution in [0.15, 0.2) is 12.1 Å². The van der Waals surface area contributed by atoms with Crippen LogP contribution < -0.4 is 5.32 Å². The number of amides is 1. The van der Waals surface area contributed by atoms with E-state index in [9.17, 15) is 19.7 Å². The minimum Gasteiger partial charge on any atom is -0.451 e. The smallest absolute Gasteiger partial charge is 0.349 e. The van der Waals surface area contributed by atoms with Crippen LogP contribution in [0, 0.1) is 33.3 Å². The summed E-state index contributed by atoms with van der Waals surface area (Å²) in [5.74, 6) is 1.41. The lowest BCUT2D eigenvalue weighted by molar-refractivity contribution is -0.380. The van der Waals surface area contributed by atoms with E-state index in [4.69, 9.17) is 4.74 Å². The fraction of sp³-hybridized carbons (Fsp3) is 0.684. The first-order valence-electron chi connectivity index (χ1n) is 9.55. The van der Waals surface area contributed by atoms with Crippen molar-refractivity contribution in [3.8, 4) is 0 Å². The lowest BCUT2D eigenvalue weighted by Gasteiger charge is -2.59. The van der Waals surface area contributed by atoms with E-state index in [-0.39, 0.29) is 33.8 Å². The number of nitrogens with zero attached hydrogens (tertiary/aromatic N) is 1. The first kappa shape index (κ1) is 18.4. The molecule has 27 heavy (non-hydrogen) atoms. The number of rotatable bonds is 6. The molecular weight excluding hydrogens is 368 g/mol. The maximum absolute atomic E-state index is 12.3. The molecule has 146 valence electrons. The Morgan fingerprint density at radius 1 is 1.26 bits per heavy atom. The van der Waals surface area contributed by atoms with Gasteiger partial charge in [-0.2, -0.15) is 0 Å². The summed E-state index contributed by atoms with van der Waals surface area (Å²) in [4.78, 5) is 34.5. The number of hydrogen-bond donors (Lipinski definition) is 1. The van der Waals surface area contributed by atoms with Crippen molar-refractivity contribution >= 4 is 28.2 Å². The van der Waals surface area contributed by atoms with Gasteiger partial charge in [-0.3, -0.25) is 14.9 Å². The van der Waals surface area contributed by atoms with Crippen LogP contribution in [0.25, 0.3) is 0 Å². The number of nitrogens with one attached hydrogen (secondary N) is 1. The lowest BCUT2D eigenvalue weighted by Crippen LogP contribution is -2.56. The lowest BCUT2D eigenvalue weighted by atomic mass is 9.48. The van der Waals surface area contributed by atoms with Gasteiger partial charge in [-0.05, 0) is 74.7 Å². The Bertz CT molecular complexity index is 739. The van der Waals surface area contributed by atoms with E-state index in [1.807, 2.05) is 0 Å². The van der Waals surface area contributed by atoms with Gasteiger partial charge in [-0.25, -0.2) is 4.79 Å². The number of carbonyl (C=O) groups excluding carboxylic acids is 2. The fourth-order valence-corrected chi connectivity index (χ4v) is 6.60. The average molecular weight is 392 g/mol. The number of ether oxygens (including phenoxy) is 1. The SMILES string of the molecule is C[C@H](NC(=O)COC(=O)c1ccc([N+](=O)[O-])s1)C12CC3CC(CC(C3)C1)C2. The number of esters is 1. The summed E-state index contributed by atoms with van der Waals surface area (Å²) in [5.41, 5.74) is 0.197. The topological polar surface area (TPSA) is 98.5 Å². The van der Waals surface area contributed by atoms with Crippen LogP contribution in [0.3, 0.4) is 0 Å². The largest absolute Gasteiger partial charge is 0.451 e. The molecule has 1 aromatic rings. The van der Waals surface area contributed by atoms with E-state index < -0.39 is 10.9 Å². The van der Waals surface area contributed by atoms with Crippen LogP contribution in [0.2, 0.25) is 0 Å². The molecule has 4 aliphatic rings. The van der Waals surface area contributed by atoms with E-state index in [2.05, 4.69) is 12.2 Å². The highest BCUT2D eigenvalue weighted by Gasteiger charge is 2.53. The Balaban J connectivity index is 1.30. The predicted molar refractivity (Wildman–Crippen MR) is 99.5 cm³/mol. The zero-order valence-electron chi connectivity index (χ0n) is 15.3. The van der Waals surface area contributed by atoms with Crippen LogP contribution in [0.4, 0.5) is 5.00 Å². The molecule has 1 atom stereocenters. The fourth-order valence-electron chi connectivity index (χ4n) is 5.88. The minimum atomic E-state index is -0.703. The van der Waals surface area contributed by atoms with E-state index in [1.165, 1.54) is 50.7 Å². The molecule has 4 bridgehead atoms. The monoisotopic (exact) mass is 392 g/mol. The van der Waals surface area contributed by atoms with Crippen LogP contribution in [0.5, 0.6) is 0 Å². The first-order chi connectivity index (χ1) is 12.8. The quantitative estimate of drug-likeness (QED) is 0.454. The Morgan fingerprint density at radius 3 is 2.37 bits per heavy atom. The Hall–Kier alpha value is -1.96. The van der Waals surface area contributed by atoms with Crippen LogP contribution in [-0.4, -0.2) is 29.4 Å². The molecule has 1 N–H and O–H groups in total. The normalized spacial score (nSPS) is 32.1. The molecule has 0 aliphatic heterocycles. The van der Waals surface area contributed by atoms with E-state index in [1.54, 1.807) is 0 Å². The highest BCUT2D eigenvalue weighted by atomic mass is 32.1. The van der Waals surface area contributed by atoms with Crippen molar-refractivity contribution in [2.24, 2.45) is 23.2 Å². The van der Waals surface area contributed by atoms with Gasteiger partial charge < -0.3 is 10.1 Å². The maximum atomic E-state index is 12.3. The molecule has 0 spiro atoms. The zero-order chi connectivity index (χ0) is 19.2. The van der Waals surface area contributed by atoms with Crippen LogP contribution in [-0.2, 0) is 9.53 Å². The number of nitro groups is 1. The molecule has 0 saturated heterocycles. The number of thiophene rings is 1. The Kier molecular flexibility index (Phi) is 4.70. The summed E-state index contributed by atoms with van der Waals surface area (Å²) in [7, 11) is 0. The molecule has 5 rings (SSSR count). The molecule has 7 nitrogen and oxygen atoms in total. The Labute approximate surface area is 161 Å². The molecular formula is C19H24N2O5S. The highest BCUT2D eigenvalue weighted by molar-refractivity contribution is 7.17. The summed E-state index contributed by atoms with van der Waals surface area (Å²) >= 11 is 0.748. The molecule has 0 radical (unpaired) electrons. The number of carbonyl (C=O) groups is 2. The molecule has 1 amide bonds. The van der Waals surface area contributed by atoms with Crippen molar-refractivity contribution in [2.45, 2.75) is 51.5 Å². The molecule has 0 aromatic carbocycles. The molecule has 4 saturated carbocycles. The molecule has 8 heteroatoms. The van der Waals surface area contributed by atoms with E-state index in [0.717, 1.165) is 29.1 Å². The van der Waals surface area contributed by atoms with Gasteiger partial charge in [-0.15, -0.1) is 0 Å². The van der Waals surface area contributed by atoms with Gasteiger partial charge in [0.2, 0.25) is 0 Å².